The van der Waals surface area contributed by atoms with E-state index in [4.69, 9.17) is 14.6 Å². The van der Waals surface area contributed by atoms with Crippen molar-refractivity contribution < 1.29 is 14.3 Å². The van der Waals surface area contributed by atoms with Gasteiger partial charge in [-0.25, -0.2) is 4.79 Å². The van der Waals surface area contributed by atoms with Gasteiger partial charge in [0, 0.05) is 30.3 Å². The summed E-state index contributed by atoms with van der Waals surface area (Å²) in [5.74, 6) is 2.44. The lowest BCUT2D eigenvalue weighted by molar-refractivity contribution is 0.0206. The minimum Gasteiger partial charge on any atom is -0.496 e. The Labute approximate surface area is 208 Å². The molecule has 1 N–H and O–H groups in total. The number of hydrogen-bond acceptors (Lipinski definition) is 6. The zero-order valence-electron chi connectivity index (χ0n) is 21.5. The highest BCUT2D eigenvalue weighted by Gasteiger charge is 2.30. The molecule has 5 rings (SSSR count). The van der Waals surface area contributed by atoms with Crippen molar-refractivity contribution in [1.82, 2.24) is 15.1 Å². The molecule has 1 saturated carbocycles. The predicted octanol–water partition coefficient (Wildman–Crippen LogP) is 5.72. The summed E-state index contributed by atoms with van der Waals surface area (Å²) in [5.41, 5.74) is 5.40. The van der Waals surface area contributed by atoms with E-state index in [9.17, 15) is 4.79 Å². The molecular weight excluding hydrogens is 440 g/mol. The van der Waals surface area contributed by atoms with Crippen LogP contribution in [0.4, 0.5) is 10.6 Å². The van der Waals surface area contributed by atoms with Crippen molar-refractivity contribution in [3.63, 3.8) is 0 Å². The molecule has 7 heteroatoms. The number of fused-ring (bicyclic) bond motifs is 1. The quantitative estimate of drug-likeness (QED) is 0.592. The molecule has 2 aliphatic carbocycles. The summed E-state index contributed by atoms with van der Waals surface area (Å²) in [7, 11) is 1.74. The van der Waals surface area contributed by atoms with E-state index in [1.54, 1.807) is 7.11 Å². The van der Waals surface area contributed by atoms with Gasteiger partial charge in [-0.05, 0) is 101 Å². The molecular formula is C28H38N4O3. The summed E-state index contributed by atoms with van der Waals surface area (Å²) in [6, 6.07) is 6.71. The lowest BCUT2D eigenvalue weighted by Gasteiger charge is -2.35. The van der Waals surface area contributed by atoms with Crippen molar-refractivity contribution in [1.29, 1.82) is 0 Å². The number of amides is 1. The molecule has 1 amide bonds. The second-order valence-electron chi connectivity index (χ2n) is 11.2. The number of nitrogens with zero attached hydrogens (tertiary/aromatic N) is 3. The monoisotopic (exact) mass is 478 g/mol. The summed E-state index contributed by atoms with van der Waals surface area (Å²) in [4.78, 5) is 14.4. The van der Waals surface area contributed by atoms with Crippen LogP contribution in [0.5, 0.6) is 5.75 Å². The Balaban J connectivity index is 1.38. The Morgan fingerprint density at radius 2 is 1.83 bits per heavy atom. The number of aromatic nitrogens is 2. The minimum absolute atomic E-state index is 0.134. The van der Waals surface area contributed by atoms with E-state index in [1.807, 2.05) is 25.7 Å². The maximum absolute atomic E-state index is 12.6. The van der Waals surface area contributed by atoms with Gasteiger partial charge >= 0.3 is 6.09 Å². The average Bonchev–Trinajstić information content (AvgIpc) is 3.69. The van der Waals surface area contributed by atoms with E-state index in [1.165, 1.54) is 29.5 Å². The summed E-state index contributed by atoms with van der Waals surface area (Å²) < 4.78 is 11.4. The van der Waals surface area contributed by atoms with Crippen molar-refractivity contribution in [3.05, 3.63) is 34.9 Å². The van der Waals surface area contributed by atoms with Gasteiger partial charge in [0.1, 0.15) is 17.0 Å². The maximum Gasteiger partial charge on any atom is 0.410 e. The van der Waals surface area contributed by atoms with Crippen LogP contribution >= 0.6 is 0 Å². The zero-order valence-corrected chi connectivity index (χ0v) is 21.5. The van der Waals surface area contributed by atoms with E-state index in [2.05, 4.69) is 28.6 Å². The number of anilines is 1. The van der Waals surface area contributed by atoms with Crippen molar-refractivity contribution in [2.75, 3.05) is 25.5 Å². The Kier molecular flexibility index (Phi) is 6.60. The fourth-order valence-corrected chi connectivity index (χ4v) is 5.34. The fourth-order valence-electron chi connectivity index (χ4n) is 5.34. The number of likely N-dealkylation sites (tertiary alicyclic amines) is 1. The first kappa shape index (κ1) is 23.9. The van der Waals surface area contributed by atoms with Gasteiger partial charge in [0.25, 0.3) is 0 Å². The van der Waals surface area contributed by atoms with Crippen LogP contribution in [-0.2, 0) is 17.6 Å². The first-order valence-electron chi connectivity index (χ1n) is 13.1. The lowest BCUT2D eigenvalue weighted by Crippen LogP contribution is -2.47. The highest BCUT2D eigenvalue weighted by molar-refractivity contribution is 5.74. The highest BCUT2D eigenvalue weighted by Crippen LogP contribution is 2.44. The molecule has 1 aliphatic heterocycles. The van der Waals surface area contributed by atoms with Gasteiger partial charge in [0.2, 0.25) is 0 Å². The number of hydrogen-bond donors (Lipinski definition) is 1. The number of piperidine rings is 1. The maximum atomic E-state index is 12.6. The largest absolute Gasteiger partial charge is 0.496 e. The molecule has 0 unspecified atom stereocenters. The van der Waals surface area contributed by atoms with Crippen molar-refractivity contribution >= 4 is 11.9 Å². The summed E-state index contributed by atoms with van der Waals surface area (Å²) >= 11 is 0. The molecule has 1 atom stereocenters. The molecule has 1 aromatic heterocycles. The first-order chi connectivity index (χ1) is 16.8. The van der Waals surface area contributed by atoms with Crippen molar-refractivity contribution in [2.24, 2.45) is 0 Å². The van der Waals surface area contributed by atoms with Crippen LogP contribution in [0, 0.1) is 0 Å². The number of rotatable bonds is 5. The minimum atomic E-state index is -0.490. The molecule has 2 fully saturated rings. The number of nitrogens with one attached hydrogen (secondary N) is 1. The van der Waals surface area contributed by atoms with E-state index in [-0.39, 0.29) is 12.1 Å². The number of methoxy groups -OCH3 is 1. The smallest absolute Gasteiger partial charge is 0.410 e. The van der Waals surface area contributed by atoms with Gasteiger partial charge in [-0.2, -0.15) is 0 Å². The van der Waals surface area contributed by atoms with Gasteiger partial charge < -0.3 is 19.7 Å². The van der Waals surface area contributed by atoms with E-state index < -0.39 is 5.60 Å². The second-order valence-corrected chi connectivity index (χ2v) is 11.2. The number of carbonyl (C=O) groups excluding carboxylic acids is 1. The van der Waals surface area contributed by atoms with Crippen molar-refractivity contribution in [3.8, 4) is 17.0 Å². The number of carbonyl (C=O) groups is 1. The van der Waals surface area contributed by atoms with Crippen LogP contribution in [0.25, 0.3) is 11.3 Å². The van der Waals surface area contributed by atoms with Gasteiger partial charge in [0.15, 0.2) is 5.82 Å². The molecule has 2 heterocycles. The van der Waals surface area contributed by atoms with E-state index in [0.717, 1.165) is 67.9 Å². The molecule has 35 heavy (non-hydrogen) atoms. The zero-order chi connectivity index (χ0) is 24.6. The first-order valence-corrected chi connectivity index (χ1v) is 13.1. The Morgan fingerprint density at radius 3 is 2.54 bits per heavy atom. The third-order valence-electron chi connectivity index (χ3n) is 7.23. The predicted molar refractivity (Wildman–Crippen MR) is 137 cm³/mol. The number of benzene rings is 1. The van der Waals surface area contributed by atoms with E-state index in [0.29, 0.717) is 12.5 Å². The highest BCUT2D eigenvalue weighted by atomic mass is 16.6. The summed E-state index contributed by atoms with van der Waals surface area (Å²) in [5, 5.41) is 13.1. The summed E-state index contributed by atoms with van der Waals surface area (Å²) in [6.45, 7) is 7.06. The molecule has 0 radical (unpaired) electrons. The van der Waals surface area contributed by atoms with Crippen LogP contribution in [0.3, 0.4) is 0 Å². The van der Waals surface area contributed by atoms with Crippen molar-refractivity contribution in [2.45, 2.75) is 89.7 Å². The van der Waals surface area contributed by atoms with Crippen LogP contribution in [-0.4, -0.2) is 53.0 Å². The molecule has 0 bridgehead atoms. The topological polar surface area (TPSA) is 76.6 Å². The SMILES string of the molecule is COc1cc(C2CC2)ccc1-c1nnc(N[C@@H]2CCCN(C(=O)OC(C)(C)C)C2)c2c1CCCC2. The Bertz CT molecular complexity index is 1090. The van der Waals surface area contributed by atoms with Gasteiger partial charge in [0.05, 0.1) is 7.11 Å². The molecule has 3 aliphatic rings. The average molecular weight is 479 g/mol. The van der Waals surface area contributed by atoms with Crippen LogP contribution in [0.1, 0.15) is 81.9 Å². The molecule has 1 saturated heterocycles. The number of ether oxygens (including phenoxy) is 2. The molecule has 2 aromatic rings. The standard InChI is InChI=1S/C28H38N4O3/c1-28(2,3)35-27(33)32-15-7-8-20(17-32)29-26-22-10-6-5-9-21(22)25(30-31-26)23-14-13-19(18-11-12-18)16-24(23)34-4/h13-14,16,18,20H,5-12,15,17H2,1-4H3,(H,29,31)/t20-/m1/s1. The third kappa shape index (κ3) is 5.39. The van der Waals surface area contributed by atoms with Gasteiger partial charge in [-0.1, -0.05) is 6.07 Å². The third-order valence-corrected chi connectivity index (χ3v) is 7.23. The molecule has 1 aromatic carbocycles. The molecule has 188 valence electrons. The molecule has 0 spiro atoms. The van der Waals surface area contributed by atoms with Gasteiger partial charge in [-0.15, -0.1) is 10.2 Å². The van der Waals surface area contributed by atoms with Gasteiger partial charge in [-0.3, -0.25) is 0 Å². The second kappa shape index (κ2) is 9.67. The normalized spacial score (nSPS) is 20.2. The summed E-state index contributed by atoms with van der Waals surface area (Å²) in [6.07, 6.45) is 8.53. The fraction of sp³-hybridized carbons (Fsp3) is 0.607. The van der Waals surface area contributed by atoms with Crippen LogP contribution < -0.4 is 10.1 Å². The Morgan fingerprint density at radius 1 is 1.06 bits per heavy atom. The van der Waals surface area contributed by atoms with Crippen LogP contribution in [0.2, 0.25) is 0 Å². The van der Waals surface area contributed by atoms with Crippen LogP contribution in [0.15, 0.2) is 18.2 Å². The van der Waals surface area contributed by atoms with E-state index >= 15 is 0 Å². The molecule has 7 nitrogen and oxygen atoms in total. The Hall–Kier alpha value is -2.83. The lowest BCUT2D eigenvalue weighted by atomic mass is 9.88.